The van der Waals surface area contributed by atoms with E-state index in [1.165, 1.54) is 16.5 Å². The maximum atomic E-state index is 5.90. The van der Waals surface area contributed by atoms with Crippen LogP contribution in [0.5, 0.6) is 5.75 Å². The fraction of sp³-hybridized carbons (Fsp3) is 0.222. The number of fused-ring (bicyclic) bond motifs is 1. The second-order valence-electron chi connectivity index (χ2n) is 5.48. The molecule has 1 atom stereocenters. The quantitative estimate of drug-likeness (QED) is 0.746. The summed E-state index contributed by atoms with van der Waals surface area (Å²) < 4.78 is 5.88. The molecule has 0 aliphatic heterocycles. The smallest absolute Gasteiger partial charge is 0.120 e. The molecule has 0 saturated carbocycles. The highest BCUT2D eigenvalue weighted by molar-refractivity contribution is 5.85. The maximum Gasteiger partial charge on any atom is 0.120 e. The first kappa shape index (κ1) is 16.4. The Balaban J connectivity index is 0.00000176. The molecule has 0 saturated heterocycles. The van der Waals surface area contributed by atoms with Gasteiger partial charge in [-0.2, -0.15) is 0 Å². The van der Waals surface area contributed by atoms with E-state index in [4.69, 9.17) is 10.5 Å². The lowest BCUT2D eigenvalue weighted by molar-refractivity contribution is 0.306. The molecule has 1 unspecified atom stereocenters. The van der Waals surface area contributed by atoms with Gasteiger partial charge in [-0.1, -0.05) is 30.3 Å². The summed E-state index contributed by atoms with van der Waals surface area (Å²) in [7, 11) is 0. The van der Waals surface area contributed by atoms with Crippen molar-refractivity contribution < 1.29 is 4.74 Å². The van der Waals surface area contributed by atoms with Crippen molar-refractivity contribution in [2.24, 2.45) is 5.73 Å². The van der Waals surface area contributed by atoms with Crippen LogP contribution in [0.4, 0.5) is 0 Å². The van der Waals surface area contributed by atoms with Crippen LogP contribution in [0, 0.1) is 0 Å². The molecular formula is C18H21ClN2O. The van der Waals surface area contributed by atoms with Crippen LogP contribution in [0.15, 0.2) is 54.7 Å². The van der Waals surface area contributed by atoms with Gasteiger partial charge in [-0.3, -0.25) is 0 Å². The monoisotopic (exact) mass is 316 g/mol. The van der Waals surface area contributed by atoms with E-state index in [0.717, 1.165) is 17.7 Å². The summed E-state index contributed by atoms with van der Waals surface area (Å²) in [5, 5.41) is 1.19. The molecule has 3 N–H and O–H groups in total. The lowest BCUT2D eigenvalue weighted by atomic mass is 10.1. The summed E-state index contributed by atoms with van der Waals surface area (Å²) in [6.07, 6.45) is 2.90. The molecule has 0 fully saturated rings. The van der Waals surface area contributed by atoms with Crippen LogP contribution in [-0.4, -0.2) is 11.0 Å². The van der Waals surface area contributed by atoms with Crippen LogP contribution in [0.25, 0.3) is 10.9 Å². The van der Waals surface area contributed by atoms with Gasteiger partial charge in [0.25, 0.3) is 0 Å². The zero-order valence-corrected chi connectivity index (χ0v) is 13.4. The maximum absolute atomic E-state index is 5.90. The number of ether oxygens (including phenoxy) is 1. The second-order valence-corrected chi connectivity index (χ2v) is 5.48. The lowest BCUT2D eigenvalue weighted by Crippen LogP contribution is -2.17. The number of rotatable bonds is 5. The molecule has 1 aromatic heterocycles. The molecule has 0 amide bonds. The van der Waals surface area contributed by atoms with Gasteiger partial charge < -0.3 is 15.5 Å². The van der Waals surface area contributed by atoms with Gasteiger partial charge in [-0.05, 0) is 42.7 Å². The number of hydrogen-bond donors (Lipinski definition) is 2. The van der Waals surface area contributed by atoms with Crippen LogP contribution < -0.4 is 10.5 Å². The van der Waals surface area contributed by atoms with Crippen molar-refractivity contribution >= 4 is 23.3 Å². The summed E-state index contributed by atoms with van der Waals surface area (Å²) >= 11 is 0. The van der Waals surface area contributed by atoms with Gasteiger partial charge in [0.1, 0.15) is 12.4 Å². The number of hydrogen-bond acceptors (Lipinski definition) is 2. The third-order valence-electron chi connectivity index (χ3n) is 3.53. The van der Waals surface area contributed by atoms with Gasteiger partial charge >= 0.3 is 0 Å². The van der Waals surface area contributed by atoms with E-state index in [9.17, 15) is 0 Å². The van der Waals surface area contributed by atoms with Crippen molar-refractivity contribution in [3.63, 3.8) is 0 Å². The highest BCUT2D eigenvalue weighted by atomic mass is 35.5. The van der Waals surface area contributed by atoms with Gasteiger partial charge in [-0.15, -0.1) is 12.4 Å². The Morgan fingerprint density at radius 2 is 1.91 bits per heavy atom. The molecule has 3 rings (SSSR count). The van der Waals surface area contributed by atoms with Gasteiger partial charge in [0.05, 0.1) is 0 Å². The molecule has 3 nitrogen and oxygen atoms in total. The van der Waals surface area contributed by atoms with Crippen molar-refractivity contribution in [3.05, 3.63) is 65.9 Å². The topological polar surface area (TPSA) is 51.0 Å². The number of aromatic nitrogens is 1. The fourth-order valence-electron chi connectivity index (χ4n) is 2.50. The molecule has 0 aliphatic carbocycles. The summed E-state index contributed by atoms with van der Waals surface area (Å²) in [4.78, 5) is 3.28. The number of nitrogens with two attached hydrogens (primary N) is 1. The Morgan fingerprint density at radius 3 is 2.64 bits per heavy atom. The van der Waals surface area contributed by atoms with Crippen LogP contribution in [0.2, 0.25) is 0 Å². The molecule has 0 spiro atoms. The zero-order valence-electron chi connectivity index (χ0n) is 12.6. The summed E-state index contributed by atoms with van der Waals surface area (Å²) in [5.41, 5.74) is 9.43. The van der Waals surface area contributed by atoms with E-state index in [-0.39, 0.29) is 18.4 Å². The highest BCUT2D eigenvalue weighted by Gasteiger charge is 2.07. The Hall–Kier alpha value is -1.97. The number of halogens is 1. The fourth-order valence-corrected chi connectivity index (χ4v) is 2.50. The minimum absolute atomic E-state index is 0. The third kappa shape index (κ3) is 3.81. The first-order valence-electron chi connectivity index (χ1n) is 7.24. The largest absolute Gasteiger partial charge is 0.489 e. The van der Waals surface area contributed by atoms with Crippen molar-refractivity contribution in [1.82, 2.24) is 4.98 Å². The van der Waals surface area contributed by atoms with Crippen molar-refractivity contribution in [2.45, 2.75) is 26.0 Å². The van der Waals surface area contributed by atoms with Crippen molar-refractivity contribution in [2.75, 3.05) is 0 Å². The Kier molecular flexibility index (Phi) is 5.47. The van der Waals surface area contributed by atoms with E-state index in [2.05, 4.69) is 29.2 Å². The Morgan fingerprint density at radius 1 is 1.14 bits per heavy atom. The van der Waals surface area contributed by atoms with Crippen molar-refractivity contribution in [3.8, 4) is 5.75 Å². The first-order valence-corrected chi connectivity index (χ1v) is 7.24. The Labute approximate surface area is 136 Å². The molecule has 0 bridgehead atoms. The Bertz CT molecular complexity index is 722. The van der Waals surface area contributed by atoms with Gasteiger partial charge in [0.15, 0.2) is 0 Å². The number of benzene rings is 2. The molecular weight excluding hydrogens is 296 g/mol. The zero-order chi connectivity index (χ0) is 14.7. The summed E-state index contributed by atoms with van der Waals surface area (Å²) in [6, 6.07) is 16.5. The number of aromatic amines is 1. The third-order valence-corrected chi connectivity index (χ3v) is 3.53. The molecule has 3 aromatic rings. The van der Waals surface area contributed by atoms with Gasteiger partial charge in [0, 0.05) is 23.1 Å². The van der Waals surface area contributed by atoms with Crippen LogP contribution in [0.1, 0.15) is 18.1 Å². The minimum atomic E-state index is 0. The van der Waals surface area contributed by atoms with Crippen LogP contribution >= 0.6 is 12.4 Å². The average molecular weight is 317 g/mol. The summed E-state index contributed by atoms with van der Waals surface area (Å²) in [6.45, 7) is 2.61. The standard InChI is InChI=1S/C18H20N2O.ClH/c1-13(19)9-15-11-20-18-8-7-16(10-17(15)18)21-12-14-5-3-2-4-6-14;/h2-8,10-11,13,20H,9,12,19H2,1H3;1H. The van der Waals surface area contributed by atoms with E-state index in [0.29, 0.717) is 6.61 Å². The highest BCUT2D eigenvalue weighted by Crippen LogP contribution is 2.25. The number of nitrogens with one attached hydrogen (secondary N) is 1. The minimum Gasteiger partial charge on any atom is -0.489 e. The molecule has 116 valence electrons. The first-order chi connectivity index (χ1) is 10.2. The molecule has 0 aliphatic rings. The lowest BCUT2D eigenvalue weighted by Gasteiger charge is -2.08. The normalized spacial score (nSPS) is 11.9. The van der Waals surface area contributed by atoms with Gasteiger partial charge in [0.2, 0.25) is 0 Å². The number of H-pyrrole nitrogens is 1. The van der Waals surface area contributed by atoms with E-state index in [1.54, 1.807) is 0 Å². The van der Waals surface area contributed by atoms with E-state index < -0.39 is 0 Å². The summed E-state index contributed by atoms with van der Waals surface area (Å²) in [5.74, 6) is 0.886. The van der Waals surface area contributed by atoms with Crippen LogP contribution in [0.3, 0.4) is 0 Å². The second kappa shape index (κ2) is 7.34. The predicted octanol–water partition coefficient (Wildman–Crippen LogP) is 4.06. The molecule has 22 heavy (non-hydrogen) atoms. The van der Waals surface area contributed by atoms with E-state index >= 15 is 0 Å². The van der Waals surface area contributed by atoms with Crippen molar-refractivity contribution in [1.29, 1.82) is 0 Å². The molecule has 2 aromatic carbocycles. The molecule has 0 radical (unpaired) electrons. The molecule has 1 heterocycles. The predicted molar refractivity (Wildman–Crippen MR) is 93.7 cm³/mol. The van der Waals surface area contributed by atoms with Gasteiger partial charge in [-0.25, -0.2) is 0 Å². The average Bonchev–Trinajstić information content (AvgIpc) is 2.88. The molecule has 4 heteroatoms. The van der Waals surface area contributed by atoms with E-state index in [1.807, 2.05) is 37.4 Å². The SMILES string of the molecule is CC(N)Cc1c[nH]c2ccc(OCc3ccccc3)cc12.Cl. The van der Waals surface area contributed by atoms with Crippen LogP contribution in [-0.2, 0) is 13.0 Å².